The van der Waals surface area contributed by atoms with E-state index in [1.165, 1.54) is 51.7 Å². The maximum atomic E-state index is 3.76. The van der Waals surface area contributed by atoms with Gasteiger partial charge in [0.05, 0.1) is 0 Å². The first-order chi connectivity index (χ1) is 8.59. The minimum Gasteiger partial charge on any atom is -0.310 e. The molecule has 2 heteroatoms. The molecule has 1 aliphatic heterocycles. The molecule has 0 bridgehead atoms. The van der Waals surface area contributed by atoms with E-state index in [-0.39, 0.29) is 0 Å². The van der Waals surface area contributed by atoms with E-state index in [2.05, 4.69) is 37.9 Å². The molecule has 1 N–H and O–H groups in total. The summed E-state index contributed by atoms with van der Waals surface area (Å²) < 4.78 is 0. The molecule has 0 spiro atoms. The summed E-state index contributed by atoms with van der Waals surface area (Å²) in [6.07, 6.45) is 6.81. The van der Waals surface area contributed by atoms with Gasteiger partial charge in [0, 0.05) is 18.1 Å². The quantitative estimate of drug-likeness (QED) is 0.829. The third-order valence-corrected chi connectivity index (χ3v) is 5.68. The van der Waals surface area contributed by atoms with Crippen molar-refractivity contribution in [2.45, 2.75) is 71.4 Å². The van der Waals surface area contributed by atoms with Crippen molar-refractivity contribution < 1.29 is 0 Å². The molecule has 4 atom stereocenters. The second-order valence-corrected chi connectivity index (χ2v) is 6.84. The van der Waals surface area contributed by atoms with Crippen molar-refractivity contribution in [2.24, 2.45) is 11.8 Å². The first-order valence-corrected chi connectivity index (χ1v) is 8.08. The van der Waals surface area contributed by atoms with Crippen LogP contribution in [-0.2, 0) is 0 Å². The summed E-state index contributed by atoms with van der Waals surface area (Å²) in [7, 11) is 0. The van der Waals surface area contributed by atoms with Crippen LogP contribution in [0.1, 0.15) is 59.8 Å². The maximum absolute atomic E-state index is 3.76. The molecule has 2 aliphatic rings. The number of nitrogens with one attached hydrogen (secondary N) is 1. The first-order valence-electron chi connectivity index (χ1n) is 8.08. The zero-order chi connectivity index (χ0) is 13.2. The van der Waals surface area contributed by atoms with Crippen LogP contribution in [-0.4, -0.2) is 36.1 Å². The Morgan fingerprint density at radius 3 is 2.67 bits per heavy atom. The Bertz CT molecular complexity index is 266. The van der Waals surface area contributed by atoms with E-state index in [4.69, 9.17) is 0 Å². The minimum atomic E-state index is 0.334. The van der Waals surface area contributed by atoms with Gasteiger partial charge in [-0.05, 0) is 57.5 Å². The molecule has 2 fully saturated rings. The van der Waals surface area contributed by atoms with Crippen LogP contribution in [0.25, 0.3) is 0 Å². The van der Waals surface area contributed by atoms with Crippen molar-refractivity contribution in [3.8, 4) is 0 Å². The Balaban J connectivity index is 2.03. The number of hydrogen-bond acceptors (Lipinski definition) is 2. The van der Waals surface area contributed by atoms with Gasteiger partial charge in [0.25, 0.3) is 0 Å². The van der Waals surface area contributed by atoms with Gasteiger partial charge < -0.3 is 5.32 Å². The zero-order valence-electron chi connectivity index (χ0n) is 12.8. The van der Waals surface area contributed by atoms with Gasteiger partial charge in [-0.2, -0.15) is 0 Å². The highest BCUT2D eigenvalue weighted by atomic mass is 15.2. The summed E-state index contributed by atoms with van der Waals surface area (Å²) >= 11 is 0. The smallest absolute Gasteiger partial charge is 0.0277 e. The Morgan fingerprint density at radius 1 is 1.28 bits per heavy atom. The van der Waals surface area contributed by atoms with Crippen molar-refractivity contribution in [1.29, 1.82) is 0 Å². The van der Waals surface area contributed by atoms with Crippen LogP contribution in [0.3, 0.4) is 0 Å². The van der Waals surface area contributed by atoms with Crippen molar-refractivity contribution >= 4 is 0 Å². The monoisotopic (exact) mass is 252 g/mol. The highest BCUT2D eigenvalue weighted by Gasteiger charge is 2.38. The molecule has 0 radical (unpaired) electrons. The highest BCUT2D eigenvalue weighted by Crippen LogP contribution is 2.37. The van der Waals surface area contributed by atoms with Gasteiger partial charge in [-0.3, -0.25) is 4.90 Å². The van der Waals surface area contributed by atoms with Gasteiger partial charge >= 0.3 is 0 Å². The zero-order valence-corrected chi connectivity index (χ0v) is 12.8. The summed E-state index contributed by atoms with van der Waals surface area (Å²) in [6, 6.07) is 0.848. The van der Waals surface area contributed by atoms with Crippen LogP contribution in [0.2, 0.25) is 0 Å². The first kappa shape index (κ1) is 14.3. The van der Waals surface area contributed by atoms with Crippen LogP contribution in [0.4, 0.5) is 0 Å². The number of hydrogen-bond donors (Lipinski definition) is 1. The molecule has 1 saturated heterocycles. The van der Waals surface area contributed by atoms with E-state index < -0.39 is 0 Å². The van der Waals surface area contributed by atoms with Crippen molar-refractivity contribution in [3.63, 3.8) is 0 Å². The molecule has 1 heterocycles. The maximum Gasteiger partial charge on any atom is 0.0277 e. The normalized spacial score (nSPS) is 43.0. The number of nitrogens with zero attached hydrogens (tertiary/aromatic N) is 1. The summed E-state index contributed by atoms with van der Waals surface area (Å²) in [4.78, 5) is 2.81. The van der Waals surface area contributed by atoms with Crippen molar-refractivity contribution in [1.82, 2.24) is 10.2 Å². The van der Waals surface area contributed by atoms with E-state index in [1.807, 2.05) is 0 Å². The summed E-state index contributed by atoms with van der Waals surface area (Å²) in [5, 5.41) is 3.76. The van der Waals surface area contributed by atoms with Crippen LogP contribution >= 0.6 is 0 Å². The third kappa shape index (κ3) is 2.91. The SMILES string of the molecule is CCC1CCC(N2CCCNC(C)(CC)C2)C1C. The fourth-order valence-electron chi connectivity index (χ4n) is 4.09. The predicted molar refractivity (Wildman–Crippen MR) is 78.9 cm³/mol. The van der Waals surface area contributed by atoms with Gasteiger partial charge in [-0.25, -0.2) is 0 Å². The van der Waals surface area contributed by atoms with Gasteiger partial charge in [0.2, 0.25) is 0 Å². The Labute approximate surface area is 114 Å². The standard InChI is InChI=1S/C16H32N2/c1-5-14-8-9-15(13(14)3)18-11-7-10-17-16(4,6-2)12-18/h13-15,17H,5-12H2,1-4H3. The average Bonchev–Trinajstić information content (AvgIpc) is 2.62. The Morgan fingerprint density at radius 2 is 2.06 bits per heavy atom. The second-order valence-electron chi connectivity index (χ2n) is 6.84. The van der Waals surface area contributed by atoms with E-state index in [9.17, 15) is 0 Å². The highest BCUT2D eigenvalue weighted by molar-refractivity contribution is 4.94. The van der Waals surface area contributed by atoms with E-state index in [0.29, 0.717) is 5.54 Å². The van der Waals surface area contributed by atoms with Gasteiger partial charge in [-0.15, -0.1) is 0 Å². The van der Waals surface area contributed by atoms with E-state index in [0.717, 1.165) is 17.9 Å². The topological polar surface area (TPSA) is 15.3 Å². The van der Waals surface area contributed by atoms with Gasteiger partial charge in [0.1, 0.15) is 0 Å². The minimum absolute atomic E-state index is 0.334. The molecular formula is C16H32N2. The molecule has 1 aliphatic carbocycles. The van der Waals surface area contributed by atoms with Crippen LogP contribution < -0.4 is 5.32 Å². The molecule has 4 unspecified atom stereocenters. The van der Waals surface area contributed by atoms with Crippen LogP contribution in [0.15, 0.2) is 0 Å². The molecule has 2 rings (SSSR count). The molecule has 0 amide bonds. The number of rotatable bonds is 3. The van der Waals surface area contributed by atoms with Crippen molar-refractivity contribution in [2.75, 3.05) is 19.6 Å². The molecule has 18 heavy (non-hydrogen) atoms. The van der Waals surface area contributed by atoms with Crippen molar-refractivity contribution in [3.05, 3.63) is 0 Å². The largest absolute Gasteiger partial charge is 0.310 e. The third-order valence-electron chi connectivity index (χ3n) is 5.68. The lowest BCUT2D eigenvalue weighted by molar-refractivity contribution is 0.127. The van der Waals surface area contributed by atoms with E-state index >= 15 is 0 Å². The molecular weight excluding hydrogens is 220 g/mol. The molecule has 2 nitrogen and oxygen atoms in total. The molecule has 0 aromatic heterocycles. The van der Waals surface area contributed by atoms with E-state index in [1.54, 1.807) is 0 Å². The van der Waals surface area contributed by atoms with Gasteiger partial charge in [0.15, 0.2) is 0 Å². The van der Waals surface area contributed by atoms with Crippen LogP contribution in [0, 0.1) is 11.8 Å². The Hall–Kier alpha value is -0.0800. The molecule has 106 valence electrons. The lowest BCUT2D eigenvalue weighted by Gasteiger charge is -2.38. The summed E-state index contributed by atoms with van der Waals surface area (Å²) in [5.41, 5.74) is 0.334. The summed E-state index contributed by atoms with van der Waals surface area (Å²) in [6.45, 7) is 13.3. The lowest BCUT2D eigenvalue weighted by atomic mass is 9.91. The fourth-order valence-corrected chi connectivity index (χ4v) is 4.09. The average molecular weight is 252 g/mol. The molecule has 0 aromatic carbocycles. The molecule has 0 aromatic rings. The Kier molecular flexibility index (Phi) is 4.71. The second kappa shape index (κ2) is 5.92. The predicted octanol–water partition coefficient (Wildman–Crippen LogP) is 3.28. The lowest BCUT2D eigenvalue weighted by Crippen LogP contribution is -2.51. The van der Waals surface area contributed by atoms with Crippen LogP contribution in [0.5, 0.6) is 0 Å². The molecule has 1 saturated carbocycles. The van der Waals surface area contributed by atoms with Gasteiger partial charge in [-0.1, -0.05) is 27.2 Å². The fraction of sp³-hybridized carbons (Fsp3) is 1.00. The summed E-state index contributed by atoms with van der Waals surface area (Å²) in [5.74, 6) is 1.87.